The van der Waals surface area contributed by atoms with Crippen LogP contribution in [-0.2, 0) is 0 Å². The number of hydrogen-bond acceptors (Lipinski definition) is 2. The third kappa shape index (κ3) is 3.54. The summed E-state index contributed by atoms with van der Waals surface area (Å²) < 4.78 is 1.10. The average molecular weight is 274 g/mol. The molecule has 1 aromatic rings. The summed E-state index contributed by atoms with van der Waals surface area (Å²) in [7, 11) is 0. The van der Waals surface area contributed by atoms with Crippen molar-refractivity contribution in [2.45, 2.75) is 25.2 Å². The van der Waals surface area contributed by atoms with Gasteiger partial charge in [-0.2, -0.15) is 0 Å². The zero-order chi connectivity index (χ0) is 10.6. The van der Waals surface area contributed by atoms with Crippen LogP contribution in [-0.4, -0.2) is 5.75 Å². The van der Waals surface area contributed by atoms with Crippen molar-refractivity contribution in [3.05, 3.63) is 22.7 Å². The number of nitrogens with two attached hydrogens (primary N) is 1. The zero-order valence-corrected chi connectivity index (χ0v) is 11.0. The molecule has 3 heteroatoms. The van der Waals surface area contributed by atoms with Crippen LogP contribution in [0.5, 0.6) is 0 Å². The number of hydrogen-bond donors (Lipinski definition) is 1. The molecule has 1 rings (SSSR count). The van der Waals surface area contributed by atoms with Crippen LogP contribution in [0.4, 0.5) is 5.69 Å². The molecule has 14 heavy (non-hydrogen) atoms. The highest BCUT2D eigenvalue weighted by molar-refractivity contribution is 9.10. The van der Waals surface area contributed by atoms with Gasteiger partial charge in [-0.3, -0.25) is 0 Å². The van der Waals surface area contributed by atoms with Gasteiger partial charge in [0.15, 0.2) is 0 Å². The largest absolute Gasteiger partial charge is 0.399 e. The van der Waals surface area contributed by atoms with Gasteiger partial charge in [0.05, 0.1) is 0 Å². The first-order valence-electron chi connectivity index (χ1n) is 4.81. The van der Waals surface area contributed by atoms with Crippen LogP contribution in [0.1, 0.15) is 20.3 Å². The molecule has 0 aliphatic heterocycles. The predicted octanol–water partition coefficient (Wildman–Crippen LogP) is 4.17. The SMILES string of the molecule is CCC(C)CSc1ccc(N)cc1Br. The second-order valence-electron chi connectivity index (χ2n) is 3.51. The van der Waals surface area contributed by atoms with Gasteiger partial charge in [-0.25, -0.2) is 0 Å². The van der Waals surface area contributed by atoms with E-state index in [0.29, 0.717) is 0 Å². The van der Waals surface area contributed by atoms with Gasteiger partial charge in [-0.1, -0.05) is 20.3 Å². The van der Waals surface area contributed by atoms with Crippen LogP contribution in [0.25, 0.3) is 0 Å². The highest BCUT2D eigenvalue weighted by Gasteiger charge is 2.04. The lowest BCUT2D eigenvalue weighted by molar-refractivity contribution is 0.637. The minimum atomic E-state index is 0.768. The Labute approximate surface area is 98.6 Å². The Bertz CT molecular complexity index is 301. The molecule has 0 heterocycles. The summed E-state index contributed by atoms with van der Waals surface area (Å²) in [5.41, 5.74) is 6.48. The van der Waals surface area contributed by atoms with E-state index in [4.69, 9.17) is 5.73 Å². The normalized spacial score (nSPS) is 12.8. The Morgan fingerprint density at radius 1 is 1.50 bits per heavy atom. The quantitative estimate of drug-likeness (QED) is 0.658. The lowest BCUT2D eigenvalue weighted by Crippen LogP contribution is -1.95. The second-order valence-corrected chi connectivity index (χ2v) is 5.43. The van der Waals surface area contributed by atoms with E-state index in [1.807, 2.05) is 23.9 Å². The Hall–Kier alpha value is -0.150. The molecular formula is C11H16BrNS. The number of rotatable bonds is 4. The molecule has 2 N–H and O–H groups in total. The van der Waals surface area contributed by atoms with E-state index in [0.717, 1.165) is 16.1 Å². The Kier molecular flexibility index (Phi) is 4.82. The van der Waals surface area contributed by atoms with Gasteiger partial charge >= 0.3 is 0 Å². The van der Waals surface area contributed by atoms with Crippen molar-refractivity contribution in [1.29, 1.82) is 0 Å². The Balaban J connectivity index is 2.59. The van der Waals surface area contributed by atoms with Gasteiger partial charge in [-0.15, -0.1) is 11.8 Å². The molecule has 0 radical (unpaired) electrons. The van der Waals surface area contributed by atoms with E-state index in [1.165, 1.54) is 17.1 Å². The third-order valence-corrected chi connectivity index (χ3v) is 4.50. The molecule has 1 aromatic carbocycles. The van der Waals surface area contributed by atoms with Gasteiger partial charge in [0.1, 0.15) is 0 Å². The minimum absolute atomic E-state index is 0.768. The topological polar surface area (TPSA) is 26.0 Å². The van der Waals surface area contributed by atoms with E-state index in [2.05, 4.69) is 35.8 Å². The number of nitrogen functional groups attached to an aromatic ring is 1. The third-order valence-electron chi connectivity index (χ3n) is 2.18. The summed E-state index contributed by atoms with van der Waals surface area (Å²) in [5, 5.41) is 0. The maximum Gasteiger partial charge on any atom is 0.0331 e. The van der Waals surface area contributed by atoms with E-state index in [9.17, 15) is 0 Å². The van der Waals surface area contributed by atoms with Gasteiger partial charge in [0.2, 0.25) is 0 Å². The fourth-order valence-corrected chi connectivity index (χ4v) is 2.78. The van der Waals surface area contributed by atoms with Crippen LogP contribution < -0.4 is 5.73 Å². The highest BCUT2D eigenvalue weighted by Crippen LogP contribution is 2.30. The molecule has 0 spiro atoms. The molecule has 0 saturated heterocycles. The minimum Gasteiger partial charge on any atom is -0.399 e. The molecule has 0 bridgehead atoms. The first-order valence-corrected chi connectivity index (χ1v) is 6.59. The molecular weight excluding hydrogens is 258 g/mol. The second kappa shape index (κ2) is 5.66. The van der Waals surface area contributed by atoms with E-state index >= 15 is 0 Å². The monoisotopic (exact) mass is 273 g/mol. The molecule has 1 nitrogen and oxygen atoms in total. The van der Waals surface area contributed by atoms with Gasteiger partial charge < -0.3 is 5.73 Å². The summed E-state index contributed by atoms with van der Waals surface area (Å²) in [4.78, 5) is 1.28. The first kappa shape index (κ1) is 11.9. The smallest absolute Gasteiger partial charge is 0.0331 e. The molecule has 0 aliphatic carbocycles. The van der Waals surface area contributed by atoms with Crippen molar-refractivity contribution in [1.82, 2.24) is 0 Å². The average Bonchev–Trinajstić information content (AvgIpc) is 2.16. The maximum absolute atomic E-state index is 5.67. The molecule has 0 saturated carbocycles. The number of thioether (sulfide) groups is 1. The number of anilines is 1. The van der Waals surface area contributed by atoms with E-state index in [1.54, 1.807) is 0 Å². The van der Waals surface area contributed by atoms with Crippen LogP contribution in [0.3, 0.4) is 0 Å². The summed E-state index contributed by atoms with van der Waals surface area (Å²) in [6.45, 7) is 4.50. The van der Waals surface area contributed by atoms with Crippen LogP contribution >= 0.6 is 27.7 Å². The molecule has 78 valence electrons. The predicted molar refractivity (Wildman–Crippen MR) is 68.7 cm³/mol. The van der Waals surface area contributed by atoms with Crippen molar-refractivity contribution < 1.29 is 0 Å². The summed E-state index contributed by atoms with van der Waals surface area (Å²) >= 11 is 5.40. The van der Waals surface area contributed by atoms with E-state index < -0.39 is 0 Å². The van der Waals surface area contributed by atoms with Gasteiger partial charge in [-0.05, 0) is 40.0 Å². The van der Waals surface area contributed by atoms with Gasteiger partial charge in [0, 0.05) is 20.8 Å². The summed E-state index contributed by atoms with van der Waals surface area (Å²) in [6.07, 6.45) is 1.24. The van der Waals surface area contributed by atoms with Crippen molar-refractivity contribution in [3.8, 4) is 0 Å². The zero-order valence-electron chi connectivity index (χ0n) is 8.59. The van der Waals surface area contributed by atoms with Crippen molar-refractivity contribution >= 4 is 33.4 Å². The van der Waals surface area contributed by atoms with Gasteiger partial charge in [0.25, 0.3) is 0 Å². The molecule has 1 atom stereocenters. The van der Waals surface area contributed by atoms with Crippen LogP contribution in [0, 0.1) is 5.92 Å². The fraction of sp³-hybridized carbons (Fsp3) is 0.455. The van der Waals surface area contributed by atoms with Crippen molar-refractivity contribution in [2.75, 3.05) is 11.5 Å². The Morgan fingerprint density at radius 2 is 2.21 bits per heavy atom. The standard InChI is InChI=1S/C11H16BrNS/c1-3-8(2)7-14-11-5-4-9(13)6-10(11)12/h4-6,8H,3,7,13H2,1-2H3. The maximum atomic E-state index is 5.67. The van der Waals surface area contributed by atoms with Crippen molar-refractivity contribution in [3.63, 3.8) is 0 Å². The number of halogens is 1. The fourth-order valence-electron chi connectivity index (χ4n) is 0.984. The lowest BCUT2D eigenvalue weighted by atomic mass is 10.2. The Morgan fingerprint density at radius 3 is 2.79 bits per heavy atom. The molecule has 0 amide bonds. The highest BCUT2D eigenvalue weighted by atomic mass is 79.9. The molecule has 0 aromatic heterocycles. The first-order chi connectivity index (χ1) is 6.63. The molecule has 0 aliphatic rings. The lowest BCUT2D eigenvalue weighted by Gasteiger charge is -2.09. The summed E-state index contributed by atoms with van der Waals surface area (Å²) in [6, 6.07) is 5.98. The van der Waals surface area contributed by atoms with Crippen LogP contribution in [0.2, 0.25) is 0 Å². The van der Waals surface area contributed by atoms with Crippen LogP contribution in [0.15, 0.2) is 27.6 Å². The molecule has 0 fully saturated rings. The summed E-state index contributed by atoms with van der Waals surface area (Å²) in [5.74, 6) is 1.93. The molecule has 1 unspecified atom stereocenters. The number of benzene rings is 1. The van der Waals surface area contributed by atoms with Crippen molar-refractivity contribution in [2.24, 2.45) is 5.92 Å². The van der Waals surface area contributed by atoms with E-state index in [-0.39, 0.29) is 0 Å².